The number of hydrogen-bond acceptors (Lipinski definition) is 3. The quantitative estimate of drug-likeness (QED) is 0.829. The molecule has 1 heterocycles. The van der Waals surface area contributed by atoms with Crippen molar-refractivity contribution in [2.24, 2.45) is 5.92 Å². The van der Waals surface area contributed by atoms with E-state index in [9.17, 15) is 9.59 Å². The monoisotopic (exact) mass is 392 g/mol. The summed E-state index contributed by atoms with van der Waals surface area (Å²) in [5.41, 5.74) is 0. The third-order valence-corrected chi connectivity index (χ3v) is 5.86. The number of hydrogen-bond donors (Lipinski definition) is 1. The SMILES string of the molecule is CC(Oc1ccccc1Cl)C(=O)N1CCCC(C(=O)NC2CCCCC2)C1. The van der Waals surface area contributed by atoms with Gasteiger partial charge in [-0.15, -0.1) is 0 Å². The third-order valence-electron chi connectivity index (χ3n) is 5.54. The smallest absolute Gasteiger partial charge is 0.263 e. The summed E-state index contributed by atoms with van der Waals surface area (Å²) in [6, 6.07) is 7.44. The number of rotatable bonds is 5. The Balaban J connectivity index is 1.54. The van der Waals surface area contributed by atoms with E-state index in [4.69, 9.17) is 16.3 Å². The molecule has 0 radical (unpaired) electrons. The summed E-state index contributed by atoms with van der Waals surface area (Å²) in [5, 5.41) is 3.69. The molecule has 0 spiro atoms. The number of ether oxygens (including phenoxy) is 1. The summed E-state index contributed by atoms with van der Waals surface area (Å²) in [6.45, 7) is 2.87. The lowest BCUT2D eigenvalue weighted by atomic mass is 9.93. The van der Waals surface area contributed by atoms with Crippen molar-refractivity contribution in [3.8, 4) is 5.75 Å². The molecule has 1 aromatic carbocycles. The van der Waals surface area contributed by atoms with Crippen molar-refractivity contribution >= 4 is 23.4 Å². The number of benzene rings is 1. The van der Waals surface area contributed by atoms with Crippen molar-refractivity contribution in [1.29, 1.82) is 0 Å². The van der Waals surface area contributed by atoms with Gasteiger partial charge in [-0.3, -0.25) is 9.59 Å². The van der Waals surface area contributed by atoms with Gasteiger partial charge in [0.25, 0.3) is 5.91 Å². The number of likely N-dealkylation sites (tertiary alicyclic amines) is 1. The average Bonchev–Trinajstić information content (AvgIpc) is 2.70. The van der Waals surface area contributed by atoms with E-state index in [1.54, 1.807) is 24.0 Å². The molecule has 2 atom stereocenters. The molecule has 1 N–H and O–H groups in total. The number of piperidine rings is 1. The largest absolute Gasteiger partial charge is 0.479 e. The summed E-state index contributed by atoms with van der Waals surface area (Å²) in [6.07, 6.45) is 6.84. The van der Waals surface area contributed by atoms with Crippen LogP contribution in [0.2, 0.25) is 5.02 Å². The molecule has 1 saturated heterocycles. The minimum absolute atomic E-state index is 0.0925. The van der Waals surface area contributed by atoms with Crippen LogP contribution in [-0.2, 0) is 9.59 Å². The van der Waals surface area contributed by atoms with E-state index in [0.717, 1.165) is 25.7 Å². The Morgan fingerprint density at radius 1 is 1.15 bits per heavy atom. The van der Waals surface area contributed by atoms with Crippen LogP contribution < -0.4 is 10.1 Å². The van der Waals surface area contributed by atoms with Gasteiger partial charge in [0.1, 0.15) is 5.75 Å². The molecule has 2 aliphatic rings. The van der Waals surface area contributed by atoms with Crippen molar-refractivity contribution in [2.45, 2.75) is 64.0 Å². The zero-order chi connectivity index (χ0) is 19.2. The second-order valence-electron chi connectivity index (χ2n) is 7.66. The van der Waals surface area contributed by atoms with E-state index < -0.39 is 6.10 Å². The molecule has 1 saturated carbocycles. The lowest BCUT2D eigenvalue weighted by Crippen LogP contribution is -2.50. The van der Waals surface area contributed by atoms with Crippen molar-refractivity contribution < 1.29 is 14.3 Å². The maximum Gasteiger partial charge on any atom is 0.263 e. The Morgan fingerprint density at radius 3 is 2.63 bits per heavy atom. The van der Waals surface area contributed by atoms with Crippen LogP contribution in [0.3, 0.4) is 0 Å². The summed E-state index contributed by atoms with van der Waals surface area (Å²) in [5.74, 6) is 0.380. The molecule has 6 heteroatoms. The first-order valence-electron chi connectivity index (χ1n) is 10.0. The normalized spacial score (nSPS) is 22.1. The van der Waals surface area contributed by atoms with Gasteiger partial charge in [0.05, 0.1) is 10.9 Å². The first kappa shape index (κ1) is 20.0. The zero-order valence-corrected chi connectivity index (χ0v) is 16.7. The number of nitrogens with zero attached hydrogens (tertiary/aromatic N) is 1. The highest BCUT2D eigenvalue weighted by molar-refractivity contribution is 6.32. The average molecular weight is 393 g/mol. The minimum Gasteiger partial charge on any atom is -0.479 e. The number of halogens is 1. The number of amides is 2. The maximum atomic E-state index is 12.8. The highest BCUT2D eigenvalue weighted by Crippen LogP contribution is 2.25. The molecule has 0 bridgehead atoms. The van der Waals surface area contributed by atoms with Gasteiger partial charge in [-0.2, -0.15) is 0 Å². The van der Waals surface area contributed by atoms with E-state index in [1.807, 2.05) is 12.1 Å². The Morgan fingerprint density at radius 2 is 1.89 bits per heavy atom. The number of carbonyl (C=O) groups excluding carboxylic acids is 2. The lowest BCUT2D eigenvalue weighted by Gasteiger charge is -2.34. The van der Waals surface area contributed by atoms with E-state index >= 15 is 0 Å². The van der Waals surface area contributed by atoms with Gasteiger partial charge in [-0.05, 0) is 44.7 Å². The molecule has 5 nitrogen and oxygen atoms in total. The fourth-order valence-corrected chi connectivity index (χ4v) is 4.18. The second-order valence-corrected chi connectivity index (χ2v) is 8.06. The highest BCUT2D eigenvalue weighted by Gasteiger charge is 2.32. The van der Waals surface area contributed by atoms with Crippen LogP contribution in [-0.4, -0.2) is 41.9 Å². The predicted molar refractivity (Wildman–Crippen MR) is 106 cm³/mol. The van der Waals surface area contributed by atoms with Crippen LogP contribution >= 0.6 is 11.6 Å². The van der Waals surface area contributed by atoms with Crippen molar-refractivity contribution in [3.05, 3.63) is 29.3 Å². The van der Waals surface area contributed by atoms with E-state index in [1.165, 1.54) is 19.3 Å². The standard InChI is InChI=1S/C21H29ClN2O3/c1-15(27-19-12-6-5-11-18(19)22)21(26)24-13-7-8-16(14-24)20(25)23-17-9-3-2-4-10-17/h5-6,11-12,15-17H,2-4,7-10,13-14H2,1H3,(H,23,25). The maximum absolute atomic E-state index is 12.8. The van der Waals surface area contributed by atoms with Crippen molar-refractivity contribution in [1.82, 2.24) is 10.2 Å². The van der Waals surface area contributed by atoms with Gasteiger partial charge in [-0.1, -0.05) is 43.0 Å². The fourth-order valence-electron chi connectivity index (χ4n) is 4.00. The molecular formula is C21H29ClN2O3. The van der Waals surface area contributed by atoms with E-state index in [2.05, 4.69) is 5.32 Å². The van der Waals surface area contributed by atoms with Gasteiger partial charge in [-0.25, -0.2) is 0 Å². The molecule has 2 unspecified atom stereocenters. The number of carbonyl (C=O) groups is 2. The van der Waals surface area contributed by atoms with Crippen LogP contribution in [0.5, 0.6) is 5.75 Å². The van der Waals surface area contributed by atoms with Crippen LogP contribution in [0.15, 0.2) is 24.3 Å². The molecule has 2 fully saturated rings. The van der Waals surface area contributed by atoms with Crippen molar-refractivity contribution in [2.75, 3.05) is 13.1 Å². The fraction of sp³-hybridized carbons (Fsp3) is 0.619. The van der Waals surface area contributed by atoms with Crippen LogP contribution in [0.25, 0.3) is 0 Å². The summed E-state index contributed by atoms with van der Waals surface area (Å²) in [4.78, 5) is 27.2. The van der Waals surface area contributed by atoms with Gasteiger partial charge in [0.2, 0.25) is 5.91 Å². The molecule has 0 aromatic heterocycles. The highest BCUT2D eigenvalue weighted by atomic mass is 35.5. The molecule has 1 aliphatic heterocycles. The van der Waals surface area contributed by atoms with E-state index in [0.29, 0.717) is 29.9 Å². The molecule has 1 aromatic rings. The Kier molecular flexibility index (Phi) is 7.00. The van der Waals surface area contributed by atoms with E-state index in [-0.39, 0.29) is 17.7 Å². The van der Waals surface area contributed by atoms with Gasteiger partial charge in [0.15, 0.2) is 6.10 Å². The topological polar surface area (TPSA) is 58.6 Å². The molecule has 3 rings (SSSR count). The third kappa shape index (κ3) is 5.38. The van der Waals surface area contributed by atoms with Crippen molar-refractivity contribution in [3.63, 3.8) is 0 Å². The summed E-state index contributed by atoms with van der Waals surface area (Å²) >= 11 is 6.11. The first-order chi connectivity index (χ1) is 13.0. The Bertz CT molecular complexity index is 661. The molecule has 2 amide bonds. The van der Waals surface area contributed by atoms with Gasteiger partial charge in [0, 0.05) is 19.1 Å². The van der Waals surface area contributed by atoms with Gasteiger partial charge >= 0.3 is 0 Å². The minimum atomic E-state index is -0.634. The Labute approximate surface area is 166 Å². The van der Waals surface area contributed by atoms with Gasteiger partial charge < -0.3 is 15.0 Å². The summed E-state index contributed by atoms with van der Waals surface area (Å²) in [7, 11) is 0. The molecule has 148 valence electrons. The van der Waals surface area contributed by atoms with Crippen LogP contribution in [0.1, 0.15) is 51.9 Å². The van der Waals surface area contributed by atoms with Crippen LogP contribution in [0.4, 0.5) is 0 Å². The summed E-state index contributed by atoms with van der Waals surface area (Å²) < 4.78 is 5.75. The molecule has 1 aliphatic carbocycles. The molecule has 27 heavy (non-hydrogen) atoms. The zero-order valence-electron chi connectivity index (χ0n) is 16.0. The lowest BCUT2D eigenvalue weighted by molar-refractivity contribution is -0.141. The Hall–Kier alpha value is -1.75. The number of para-hydroxylation sites is 1. The van der Waals surface area contributed by atoms with Crippen LogP contribution in [0, 0.1) is 5.92 Å². The first-order valence-corrected chi connectivity index (χ1v) is 10.4. The molecular weight excluding hydrogens is 364 g/mol. The second kappa shape index (κ2) is 9.45. The predicted octanol–water partition coefficient (Wildman–Crippen LogP) is 3.79. The number of nitrogens with one attached hydrogen (secondary N) is 1.